The standard InChI is InChI=1S/C17H27N3O4S.ClH/c1-12-3-6-14(7-4-12)25(23,24)20-10-2-9-19-17(22)13-5-8-16(21)15(18)11-13;/h3-4,6-7,13,15-16,20-21H,2,5,8-11,18H2,1H3,(H,19,22);1H/t13-,15+,16+;/m0./s1. The number of carbonyl (C=O) groups excluding carboxylic acids is 1. The predicted octanol–water partition coefficient (Wildman–Crippen LogP) is 0.690. The maximum Gasteiger partial charge on any atom is 0.240 e. The molecule has 0 aliphatic heterocycles. The minimum atomic E-state index is -3.52. The van der Waals surface area contributed by atoms with E-state index in [1.807, 2.05) is 6.92 Å². The van der Waals surface area contributed by atoms with Gasteiger partial charge in [0.15, 0.2) is 0 Å². The molecule has 26 heavy (non-hydrogen) atoms. The average molecular weight is 406 g/mol. The van der Waals surface area contributed by atoms with Crippen molar-refractivity contribution in [3.63, 3.8) is 0 Å². The molecule has 1 aliphatic carbocycles. The fraction of sp³-hybridized carbons (Fsp3) is 0.588. The summed E-state index contributed by atoms with van der Waals surface area (Å²) in [5.41, 5.74) is 6.79. The Balaban J connectivity index is 0.00000338. The zero-order valence-electron chi connectivity index (χ0n) is 14.8. The number of sulfonamides is 1. The third kappa shape index (κ3) is 6.51. The quantitative estimate of drug-likeness (QED) is 0.497. The molecule has 3 atom stereocenters. The summed E-state index contributed by atoms with van der Waals surface area (Å²) in [6, 6.07) is 6.28. The molecule has 1 aromatic rings. The molecule has 9 heteroatoms. The third-order valence-electron chi connectivity index (χ3n) is 4.51. The molecule has 0 radical (unpaired) electrons. The van der Waals surface area contributed by atoms with Crippen molar-refractivity contribution in [2.45, 2.75) is 49.6 Å². The molecule has 0 spiro atoms. The van der Waals surface area contributed by atoms with Crippen molar-refractivity contribution in [2.75, 3.05) is 13.1 Å². The van der Waals surface area contributed by atoms with E-state index in [-0.39, 0.29) is 41.7 Å². The summed E-state index contributed by atoms with van der Waals surface area (Å²) in [5, 5.41) is 12.4. The van der Waals surface area contributed by atoms with Gasteiger partial charge in [-0.05, 0) is 44.7 Å². The second kappa shape index (κ2) is 10.2. The van der Waals surface area contributed by atoms with E-state index in [2.05, 4.69) is 10.0 Å². The summed E-state index contributed by atoms with van der Waals surface area (Å²) in [6.45, 7) is 2.54. The van der Waals surface area contributed by atoms with E-state index < -0.39 is 16.1 Å². The zero-order valence-corrected chi connectivity index (χ0v) is 16.5. The van der Waals surface area contributed by atoms with Gasteiger partial charge in [0.1, 0.15) is 0 Å². The van der Waals surface area contributed by atoms with Crippen LogP contribution < -0.4 is 15.8 Å². The number of rotatable bonds is 7. The van der Waals surface area contributed by atoms with Crippen LogP contribution in [-0.4, -0.2) is 44.7 Å². The van der Waals surface area contributed by atoms with Crippen LogP contribution in [0.5, 0.6) is 0 Å². The second-order valence-corrected chi connectivity index (χ2v) is 8.36. The van der Waals surface area contributed by atoms with E-state index in [0.717, 1.165) is 5.56 Å². The Morgan fingerprint density at radius 2 is 1.88 bits per heavy atom. The van der Waals surface area contributed by atoms with Gasteiger partial charge in [0.25, 0.3) is 0 Å². The molecule has 148 valence electrons. The molecule has 0 unspecified atom stereocenters. The van der Waals surface area contributed by atoms with Gasteiger partial charge in [-0.25, -0.2) is 13.1 Å². The van der Waals surface area contributed by atoms with Crippen molar-refractivity contribution < 1.29 is 18.3 Å². The van der Waals surface area contributed by atoms with Gasteiger partial charge in [-0.2, -0.15) is 0 Å². The van der Waals surface area contributed by atoms with Gasteiger partial charge < -0.3 is 16.2 Å². The number of amides is 1. The fourth-order valence-electron chi connectivity index (χ4n) is 2.88. The highest BCUT2D eigenvalue weighted by Gasteiger charge is 2.30. The van der Waals surface area contributed by atoms with Crippen molar-refractivity contribution in [1.29, 1.82) is 0 Å². The van der Waals surface area contributed by atoms with Gasteiger partial charge in [-0.1, -0.05) is 17.7 Å². The summed E-state index contributed by atoms with van der Waals surface area (Å²) in [4.78, 5) is 12.3. The molecule has 2 rings (SSSR count). The van der Waals surface area contributed by atoms with E-state index in [0.29, 0.717) is 32.2 Å². The summed E-state index contributed by atoms with van der Waals surface area (Å²) in [6.07, 6.45) is 1.61. The number of hydrogen-bond acceptors (Lipinski definition) is 5. The van der Waals surface area contributed by atoms with Gasteiger partial charge in [-0.15, -0.1) is 12.4 Å². The number of nitrogens with one attached hydrogen (secondary N) is 2. The number of aliphatic hydroxyl groups excluding tert-OH is 1. The number of halogens is 1. The van der Waals surface area contributed by atoms with E-state index in [4.69, 9.17) is 5.73 Å². The molecule has 1 fully saturated rings. The van der Waals surface area contributed by atoms with Crippen LogP contribution in [0, 0.1) is 12.8 Å². The van der Waals surface area contributed by atoms with Crippen LogP contribution >= 0.6 is 12.4 Å². The van der Waals surface area contributed by atoms with E-state index in [1.54, 1.807) is 24.3 Å². The van der Waals surface area contributed by atoms with E-state index in [9.17, 15) is 18.3 Å². The Bertz CT molecular complexity index is 682. The van der Waals surface area contributed by atoms with Crippen molar-refractivity contribution in [3.05, 3.63) is 29.8 Å². The first-order valence-corrected chi connectivity index (χ1v) is 10.1. The van der Waals surface area contributed by atoms with Crippen molar-refractivity contribution >= 4 is 28.3 Å². The van der Waals surface area contributed by atoms with Crippen molar-refractivity contribution in [3.8, 4) is 0 Å². The highest BCUT2D eigenvalue weighted by Crippen LogP contribution is 2.23. The zero-order chi connectivity index (χ0) is 18.4. The van der Waals surface area contributed by atoms with Gasteiger partial charge in [0.2, 0.25) is 15.9 Å². The maximum absolute atomic E-state index is 12.1. The fourth-order valence-corrected chi connectivity index (χ4v) is 3.95. The Morgan fingerprint density at radius 1 is 1.23 bits per heavy atom. The van der Waals surface area contributed by atoms with Crippen LogP contribution in [0.4, 0.5) is 0 Å². The van der Waals surface area contributed by atoms with Gasteiger partial charge in [-0.3, -0.25) is 4.79 Å². The topological polar surface area (TPSA) is 122 Å². The monoisotopic (exact) mass is 405 g/mol. The smallest absolute Gasteiger partial charge is 0.240 e. The summed E-state index contributed by atoms with van der Waals surface area (Å²) < 4.78 is 26.8. The SMILES string of the molecule is Cc1ccc(S(=O)(=O)NCCCNC(=O)[C@H]2CC[C@@H](O)[C@H](N)C2)cc1.Cl. The van der Waals surface area contributed by atoms with E-state index in [1.165, 1.54) is 0 Å². The highest BCUT2D eigenvalue weighted by atomic mass is 35.5. The Morgan fingerprint density at radius 3 is 2.50 bits per heavy atom. The molecule has 0 heterocycles. The molecular weight excluding hydrogens is 378 g/mol. The average Bonchev–Trinajstić information content (AvgIpc) is 2.57. The lowest BCUT2D eigenvalue weighted by molar-refractivity contribution is -0.126. The molecule has 0 aromatic heterocycles. The largest absolute Gasteiger partial charge is 0.392 e. The lowest BCUT2D eigenvalue weighted by Gasteiger charge is -2.30. The van der Waals surface area contributed by atoms with Crippen molar-refractivity contribution in [2.24, 2.45) is 11.7 Å². The molecule has 0 bridgehead atoms. The first-order valence-electron chi connectivity index (χ1n) is 8.57. The molecule has 0 saturated heterocycles. The number of hydrogen-bond donors (Lipinski definition) is 4. The van der Waals surface area contributed by atoms with Crippen LogP contribution in [-0.2, 0) is 14.8 Å². The first-order chi connectivity index (χ1) is 11.8. The molecular formula is C17H28ClN3O4S. The maximum atomic E-state index is 12.1. The number of carbonyl (C=O) groups is 1. The number of aryl methyl sites for hydroxylation is 1. The van der Waals surface area contributed by atoms with Gasteiger partial charge >= 0.3 is 0 Å². The Kier molecular flexibility index (Phi) is 8.99. The van der Waals surface area contributed by atoms with Crippen LogP contribution in [0.15, 0.2) is 29.2 Å². The highest BCUT2D eigenvalue weighted by molar-refractivity contribution is 7.89. The van der Waals surface area contributed by atoms with Gasteiger partial charge in [0, 0.05) is 25.0 Å². The summed E-state index contributed by atoms with van der Waals surface area (Å²) >= 11 is 0. The molecule has 1 saturated carbocycles. The summed E-state index contributed by atoms with van der Waals surface area (Å²) in [7, 11) is -3.52. The molecule has 1 aliphatic rings. The molecule has 1 aromatic carbocycles. The normalized spacial score (nSPS) is 23.1. The Hall–Kier alpha value is -1.19. The Labute approximate surface area is 161 Å². The number of aliphatic hydroxyl groups is 1. The minimum absolute atomic E-state index is 0. The molecule has 5 N–H and O–H groups in total. The number of nitrogens with two attached hydrogens (primary N) is 1. The summed E-state index contributed by atoms with van der Waals surface area (Å²) in [5.74, 6) is -0.258. The minimum Gasteiger partial charge on any atom is -0.392 e. The number of benzene rings is 1. The lowest BCUT2D eigenvalue weighted by Crippen LogP contribution is -2.45. The molecule has 1 amide bonds. The van der Waals surface area contributed by atoms with Crippen LogP contribution in [0.2, 0.25) is 0 Å². The van der Waals surface area contributed by atoms with Crippen LogP contribution in [0.1, 0.15) is 31.2 Å². The second-order valence-electron chi connectivity index (χ2n) is 6.60. The predicted molar refractivity (Wildman–Crippen MR) is 103 cm³/mol. The third-order valence-corrected chi connectivity index (χ3v) is 5.99. The van der Waals surface area contributed by atoms with E-state index >= 15 is 0 Å². The molecule has 7 nitrogen and oxygen atoms in total. The van der Waals surface area contributed by atoms with Crippen LogP contribution in [0.3, 0.4) is 0 Å². The van der Waals surface area contributed by atoms with Crippen molar-refractivity contribution in [1.82, 2.24) is 10.0 Å². The first kappa shape index (κ1) is 22.9. The van der Waals surface area contributed by atoms with Crippen LogP contribution in [0.25, 0.3) is 0 Å². The van der Waals surface area contributed by atoms with Gasteiger partial charge in [0.05, 0.1) is 11.0 Å². The lowest BCUT2D eigenvalue weighted by atomic mass is 9.84.